The molecule has 166 valence electrons. The Balaban J connectivity index is 1.54. The SMILES string of the molecule is COc1ncc(NC(=O)C(=O)N2CCCC[C@H]2c2ccc3c(c2)C(=O)NC3)cc1C(N)=O. The highest BCUT2D eigenvalue weighted by Crippen LogP contribution is 2.33. The molecule has 2 aliphatic heterocycles. The van der Waals surface area contributed by atoms with E-state index in [-0.39, 0.29) is 29.1 Å². The number of aromatic nitrogens is 1. The quantitative estimate of drug-likeness (QED) is 0.612. The molecule has 10 nitrogen and oxygen atoms in total. The van der Waals surface area contributed by atoms with E-state index >= 15 is 0 Å². The molecule has 10 heteroatoms. The molecule has 0 saturated carbocycles. The number of methoxy groups -OCH3 is 1. The van der Waals surface area contributed by atoms with Gasteiger partial charge in [-0.05, 0) is 42.5 Å². The van der Waals surface area contributed by atoms with Crippen LogP contribution in [0.1, 0.15) is 57.1 Å². The number of ether oxygens (including phenoxy) is 1. The van der Waals surface area contributed by atoms with Crippen molar-refractivity contribution in [2.75, 3.05) is 19.0 Å². The second-order valence-corrected chi connectivity index (χ2v) is 7.71. The van der Waals surface area contributed by atoms with E-state index in [9.17, 15) is 19.2 Å². The molecule has 0 aliphatic carbocycles. The average Bonchev–Trinajstić information content (AvgIpc) is 3.18. The van der Waals surface area contributed by atoms with Crippen molar-refractivity contribution in [3.8, 4) is 5.88 Å². The molecule has 32 heavy (non-hydrogen) atoms. The lowest BCUT2D eigenvalue weighted by atomic mass is 9.93. The second-order valence-electron chi connectivity index (χ2n) is 7.71. The fourth-order valence-corrected chi connectivity index (χ4v) is 4.13. The van der Waals surface area contributed by atoms with E-state index in [0.29, 0.717) is 25.1 Å². The predicted molar refractivity (Wildman–Crippen MR) is 114 cm³/mol. The molecular weight excluding hydrogens is 414 g/mol. The van der Waals surface area contributed by atoms with E-state index in [1.807, 2.05) is 12.1 Å². The number of nitrogens with two attached hydrogens (primary N) is 1. The number of likely N-dealkylation sites (tertiary alicyclic amines) is 1. The lowest BCUT2D eigenvalue weighted by Gasteiger charge is -2.35. The number of hydrogen-bond donors (Lipinski definition) is 3. The third kappa shape index (κ3) is 3.98. The first-order valence-corrected chi connectivity index (χ1v) is 10.3. The number of amides is 4. The number of nitrogens with zero attached hydrogens (tertiary/aromatic N) is 2. The van der Waals surface area contributed by atoms with Gasteiger partial charge in [0.15, 0.2) is 0 Å². The van der Waals surface area contributed by atoms with E-state index in [4.69, 9.17) is 10.5 Å². The summed E-state index contributed by atoms with van der Waals surface area (Å²) < 4.78 is 4.98. The van der Waals surface area contributed by atoms with E-state index in [0.717, 1.165) is 24.0 Å². The molecule has 0 bridgehead atoms. The van der Waals surface area contributed by atoms with Gasteiger partial charge in [0, 0.05) is 18.7 Å². The van der Waals surface area contributed by atoms with Crippen LogP contribution in [0.5, 0.6) is 5.88 Å². The molecule has 1 fully saturated rings. The van der Waals surface area contributed by atoms with E-state index in [1.165, 1.54) is 24.3 Å². The topological polar surface area (TPSA) is 144 Å². The van der Waals surface area contributed by atoms with Crippen LogP contribution >= 0.6 is 0 Å². The Bertz CT molecular complexity index is 1120. The van der Waals surface area contributed by atoms with Crippen molar-refractivity contribution >= 4 is 29.3 Å². The molecule has 3 heterocycles. The number of carbonyl (C=O) groups excluding carboxylic acids is 4. The Morgan fingerprint density at radius 2 is 2.06 bits per heavy atom. The van der Waals surface area contributed by atoms with Crippen molar-refractivity contribution in [2.45, 2.75) is 31.8 Å². The van der Waals surface area contributed by atoms with Gasteiger partial charge in [0.25, 0.3) is 11.8 Å². The van der Waals surface area contributed by atoms with Gasteiger partial charge in [-0.2, -0.15) is 0 Å². The first-order chi connectivity index (χ1) is 15.4. The fourth-order valence-electron chi connectivity index (χ4n) is 4.13. The van der Waals surface area contributed by atoms with Gasteiger partial charge in [-0.15, -0.1) is 0 Å². The van der Waals surface area contributed by atoms with Crippen molar-refractivity contribution in [1.29, 1.82) is 0 Å². The number of benzene rings is 1. The molecule has 4 N–H and O–H groups in total. The van der Waals surface area contributed by atoms with Gasteiger partial charge in [-0.1, -0.05) is 12.1 Å². The Morgan fingerprint density at radius 1 is 1.25 bits per heavy atom. The van der Waals surface area contributed by atoms with Crippen LogP contribution < -0.4 is 21.1 Å². The Labute approximate surface area is 184 Å². The molecular formula is C22H23N5O5. The van der Waals surface area contributed by atoms with Crippen molar-refractivity contribution < 1.29 is 23.9 Å². The molecule has 4 rings (SSSR count). The second kappa shape index (κ2) is 8.66. The Hall–Kier alpha value is -3.95. The zero-order chi connectivity index (χ0) is 22.8. The number of anilines is 1. The standard InChI is InChI=1S/C22H23N5O5/c1-32-21-16(18(23)28)9-14(11-25-21)26-20(30)22(31)27-7-3-2-4-17(27)12-5-6-13-10-24-19(29)15(13)8-12/h5-6,8-9,11,17H,2-4,7,10H2,1H3,(H2,23,28)(H,24,29)(H,26,30)/t17-/m0/s1. The molecule has 2 aromatic rings. The number of hydrogen-bond acceptors (Lipinski definition) is 6. The van der Waals surface area contributed by atoms with Crippen LogP contribution in [0, 0.1) is 0 Å². The minimum Gasteiger partial charge on any atom is -0.480 e. The first kappa shape index (κ1) is 21.3. The molecule has 0 unspecified atom stereocenters. The third-order valence-corrected chi connectivity index (χ3v) is 5.73. The smallest absolute Gasteiger partial charge is 0.313 e. The Kier molecular flexibility index (Phi) is 5.76. The summed E-state index contributed by atoms with van der Waals surface area (Å²) in [6.07, 6.45) is 3.65. The normalized spacial score (nSPS) is 17.3. The highest BCUT2D eigenvalue weighted by atomic mass is 16.5. The van der Waals surface area contributed by atoms with Gasteiger partial charge in [0.05, 0.1) is 25.0 Å². The van der Waals surface area contributed by atoms with Crippen LogP contribution in [-0.2, 0) is 16.1 Å². The van der Waals surface area contributed by atoms with Crippen molar-refractivity contribution in [1.82, 2.24) is 15.2 Å². The van der Waals surface area contributed by atoms with Crippen LogP contribution in [0.15, 0.2) is 30.5 Å². The van der Waals surface area contributed by atoms with Crippen LogP contribution in [0.3, 0.4) is 0 Å². The summed E-state index contributed by atoms with van der Waals surface area (Å²) in [5.41, 5.74) is 7.81. The van der Waals surface area contributed by atoms with Crippen LogP contribution in [0.25, 0.3) is 0 Å². The Morgan fingerprint density at radius 3 is 2.81 bits per heavy atom. The lowest BCUT2D eigenvalue weighted by molar-refractivity contribution is -0.145. The lowest BCUT2D eigenvalue weighted by Crippen LogP contribution is -2.44. The van der Waals surface area contributed by atoms with E-state index in [1.54, 1.807) is 6.07 Å². The number of carbonyl (C=O) groups is 4. The van der Waals surface area contributed by atoms with Gasteiger partial charge in [0.2, 0.25) is 5.88 Å². The molecule has 0 radical (unpaired) electrons. The first-order valence-electron chi connectivity index (χ1n) is 10.3. The zero-order valence-electron chi connectivity index (χ0n) is 17.5. The number of primary amides is 1. The van der Waals surface area contributed by atoms with Gasteiger partial charge >= 0.3 is 11.8 Å². The number of fused-ring (bicyclic) bond motifs is 1. The fraction of sp³-hybridized carbons (Fsp3) is 0.318. The number of pyridine rings is 1. The molecule has 2 aliphatic rings. The summed E-state index contributed by atoms with van der Waals surface area (Å²) in [5.74, 6) is -2.42. The molecule has 4 amide bonds. The van der Waals surface area contributed by atoms with E-state index < -0.39 is 17.7 Å². The summed E-state index contributed by atoms with van der Waals surface area (Å²) in [4.78, 5) is 54.9. The highest BCUT2D eigenvalue weighted by molar-refractivity contribution is 6.39. The number of nitrogens with one attached hydrogen (secondary N) is 2. The van der Waals surface area contributed by atoms with Crippen molar-refractivity contribution in [3.05, 3.63) is 52.7 Å². The van der Waals surface area contributed by atoms with Crippen molar-refractivity contribution in [3.63, 3.8) is 0 Å². The number of rotatable bonds is 4. The minimum absolute atomic E-state index is 0.00924. The predicted octanol–water partition coefficient (Wildman–Crippen LogP) is 1.12. The van der Waals surface area contributed by atoms with Crippen LogP contribution in [-0.4, -0.2) is 47.2 Å². The van der Waals surface area contributed by atoms with Gasteiger partial charge < -0.3 is 26.0 Å². The molecule has 1 aromatic heterocycles. The highest BCUT2D eigenvalue weighted by Gasteiger charge is 2.33. The third-order valence-electron chi connectivity index (χ3n) is 5.73. The number of piperidine rings is 1. The van der Waals surface area contributed by atoms with Gasteiger partial charge in [-0.25, -0.2) is 4.98 Å². The summed E-state index contributed by atoms with van der Waals surface area (Å²) in [7, 11) is 1.34. The molecule has 1 atom stereocenters. The maximum atomic E-state index is 13.0. The molecule has 0 spiro atoms. The summed E-state index contributed by atoms with van der Waals surface area (Å²) in [5, 5.41) is 5.27. The van der Waals surface area contributed by atoms with Gasteiger partial charge in [0.1, 0.15) is 5.56 Å². The molecule has 1 aromatic carbocycles. The van der Waals surface area contributed by atoms with Crippen LogP contribution in [0.2, 0.25) is 0 Å². The summed E-state index contributed by atoms with van der Waals surface area (Å²) >= 11 is 0. The summed E-state index contributed by atoms with van der Waals surface area (Å²) in [6.45, 7) is 0.918. The van der Waals surface area contributed by atoms with E-state index in [2.05, 4.69) is 15.6 Å². The minimum atomic E-state index is -0.849. The average molecular weight is 437 g/mol. The maximum Gasteiger partial charge on any atom is 0.313 e. The molecule has 1 saturated heterocycles. The zero-order valence-corrected chi connectivity index (χ0v) is 17.5. The van der Waals surface area contributed by atoms with Crippen molar-refractivity contribution in [2.24, 2.45) is 5.73 Å². The van der Waals surface area contributed by atoms with Gasteiger partial charge in [-0.3, -0.25) is 19.2 Å². The monoisotopic (exact) mass is 437 g/mol. The maximum absolute atomic E-state index is 13.0. The largest absolute Gasteiger partial charge is 0.480 e. The van der Waals surface area contributed by atoms with Crippen LogP contribution in [0.4, 0.5) is 5.69 Å². The summed E-state index contributed by atoms with van der Waals surface area (Å²) in [6, 6.07) is 6.59.